The lowest BCUT2D eigenvalue weighted by Gasteiger charge is -2.39. The molecule has 0 saturated heterocycles. The smallest absolute Gasteiger partial charge is 0.346 e. The Balaban J connectivity index is 2.06. The summed E-state index contributed by atoms with van der Waals surface area (Å²) in [6.07, 6.45) is 1.63. The molecule has 2 aliphatic heterocycles. The quantitative estimate of drug-likeness (QED) is 0.539. The van der Waals surface area contributed by atoms with Gasteiger partial charge in [0, 0.05) is 24.1 Å². The van der Waals surface area contributed by atoms with E-state index in [-0.39, 0.29) is 11.8 Å². The molecule has 0 radical (unpaired) electrons. The fourth-order valence-electron chi connectivity index (χ4n) is 3.02. The number of hydrazone groups is 1. The van der Waals surface area contributed by atoms with Crippen molar-refractivity contribution >= 4 is 61.9 Å². The van der Waals surface area contributed by atoms with Crippen LogP contribution in [0.1, 0.15) is 33.6 Å². The van der Waals surface area contributed by atoms with Crippen molar-refractivity contribution in [2.45, 2.75) is 37.9 Å². The van der Waals surface area contributed by atoms with Crippen molar-refractivity contribution in [3.8, 4) is 0 Å². The first-order valence-corrected chi connectivity index (χ1v) is 11.4. The summed E-state index contributed by atoms with van der Waals surface area (Å²) in [4.78, 5) is 27.4. The van der Waals surface area contributed by atoms with Crippen LogP contribution in [0.4, 0.5) is 5.69 Å². The molecule has 150 valence electrons. The van der Waals surface area contributed by atoms with E-state index in [2.05, 4.69) is 32.9 Å². The Kier molecular flexibility index (Phi) is 6.46. The van der Waals surface area contributed by atoms with Gasteiger partial charge in [0.05, 0.1) is 12.3 Å². The number of esters is 1. The number of thioether (sulfide) groups is 2. The minimum absolute atomic E-state index is 0.0976. The third-order valence-electron chi connectivity index (χ3n) is 4.33. The summed E-state index contributed by atoms with van der Waals surface area (Å²) in [6, 6.07) is 7.74. The maximum Gasteiger partial charge on any atom is 0.346 e. The molecule has 28 heavy (non-hydrogen) atoms. The van der Waals surface area contributed by atoms with Gasteiger partial charge in [-0.15, -0.1) is 0 Å². The molecule has 1 aromatic rings. The van der Waals surface area contributed by atoms with Crippen molar-refractivity contribution in [3.05, 3.63) is 39.3 Å². The third kappa shape index (κ3) is 3.71. The Labute approximate surface area is 181 Å². The Hall–Kier alpha value is -1.45. The van der Waals surface area contributed by atoms with E-state index in [0.29, 0.717) is 16.6 Å². The average molecular weight is 484 g/mol. The van der Waals surface area contributed by atoms with Crippen molar-refractivity contribution in [1.29, 1.82) is 0 Å². The molecule has 0 saturated carbocycles. The molecule has 0 aromatic heterocycles. The van der Waals surface area contributed by atoms with Crippen LogP contribution in [0.2, 0.25) is 0 Å². The van der Waals surface area contributed by atoms with Crippen molar-refractivity contribution in [2.75, 3.05) is 18.7 Å². The number of hydrogen-bond acceptors (Lipinski definition) is 8. The molecule has 0 fully saturated rings. The second-order valence-corrected chi connectivity index (χ2v) is 9.82. The molecule has 6 nitrogen and oxygen atoms in total. The summed E-state index contributed by atoms with van der Waals surface area (Å²) in [5, 5.41) is 6.86. The average Bonchev–Trinajstić information content (AvgIpc) is 3.17. The van der Waals surface area contributed by atoms with Crippen molar-refractivity contribution in [3.63, 3.8) is 0 Å². The fraction of sp³-hybridized carbons (Fsp3) is 0.421. The molecule has 0 N–H and O–H groups in total. The number of carbonyl (C=O) groups excluding carboxylic acids is 2. The van der Waals surface area contributed by atoms with Gasteiger partial charge in [-0.1, -0.05) is 41.0 Å². The summed E-state index contributed by atoms with van der Waals surface area (Å²) < 4.78 is 5.48. The van der Waals surface area contributed by atoms with Crippen LogP contribution in [0, 0.1) is 0 Å². The number of ketones is 1. The number of halogens is 1. The number of ether oxygens (including phenoxy) is 1. The summed E-state index contributed by atoms with van der Waals surface area (Å²) in [5.41, 5.74) is 1.76. The largest absolute Gasteiger partial charge is 0.462 e. The molecule has 1 atom stereocenters. The van der Waals surface area contributed by atoms with Crippen LogP contribution >= 0.6 is 39.5 Å². The summed E-state index contributed by atoms with van der Waals surface area (Å²) in [7, 11) is 1.95. The molecule has 1 spiro atoms. The van der Waals surface area contributed by atoms with Gasteiger partial charge >= 0.3 is 5.97 Å². The third-order valence-corrected chi connectivity index (χ3v) is 7.96. The number of anilines is 1. The van der Waals surface area contributed by atoms with Gasteiger partial charge in [-0.25, -0.2) is 9.80 Å². The van der Waals surface area contributed by atoms with E-state index in [9.17, 15) is 9.59 Å². The molecule has 0 amide bonds. The van der Waals surface area contributed by atoms with E-state index in [4.69, 9.17) is 4.74 Å². The van der Waals surface area contributed by atoms with Gasteiger partial charge < -0.3 is 9.64 Å². The first kappa shape index (κ1) is 21.3. The first-order chi connectivity index (χ1) is 13.3. The first-order valence-electron chi connectivity index (χ1n) is 9.01. The van der Waals surface area contributed by atoms with Crippen LogP contribution in [0.25, 0.3) is 0 Å². The Bertz CT molecular complexity index is 856. The normalized spacial score (nSPS) is 21.5. The lowest BCUT2D eigenvalue weighted by atomic mass is 10.2. The molecule has 2 aliphatic rings. The summed E-state index contributed by atoms with van der Waals surface area (Å²) in [6.45, 7) is 5.70. The highest BCUT2D eigenvalue weighted by molar-refractivity contribution is 9.10. The van der Waals surface area contributed by atoms with Gasteiger partial charge in [-0.2, -0.15) is 5.10 Å². The van der Waals surface area contributed by atoms with Crippen LogP contribution in [-0.4, -0.2) is 39.7 Å². The molecule has 0 aliphatic carbocycles. The van der Waals surface area contributed by atoms with E-state index in [1.807, 2.05) is 36.3 Å². The maximum absolute atomic E-state index is 12.7. The van der Waals surface area contributed by atoms with E-state index in [1.54, 1.807) is 6.92 Å². The topological polar surface area (TPSA) is 62.2 Å². The van der Waals surface area contributed by atoms with Gasteiger partial charge in [-0.05, 0) is 49.4 Å². The maximum atomic E-state index is 12.7. The van der Waals surface area contributed by atoms with Crippen LogP contribution in [0.15, 0.2) is 44.4 Å². The van der Waals surface area contributed by atoms with Crippen LogP contribution in [-0.2, 0) is 14.3 Å². The van der Waals surface area contributed by atoms with E-state index in [1.165, 1.54) is 30.4 Å². The zero-order valence-corrected chi connectivity index (χ0v) is 19.4. The summed E-state index contributed by atoms with van der Waals surface area (Å²) >= 11 is 6.21. The Morgan fingerprint density at radius 3 is 2.46 bits per heavy atom. The summed E-state index contributed by atoms with van der Waals surface area (Å²) in [5.74, 6) is -0.424. The van der Waals surface area contributed by atoms with Crippen LogP contribution in [0.3, 0.4) is 0 Å². The number of nitrogens with zero attached hydrogens (tertiary/aromatic N) is 3. The predicted octanol–water partition coefficient (Wildman–Crippen LogP) is 4.77. The van der Waals surface area contributed by atoms with Crippen LogP contribution in [0.5, 0.6) is 0 Å². The molecular weight excluding hydrogens is 462 g/mol. The monoisotopic (exact) mass is 483 g/mol. The predicted molar refractivity (Wildman–Crippen MR) is 119 cm³/mol. The van der Waals surface area contributed by atoms with E-state index in [0.717, 1.165) is 28.7 Å². The molecular formula is C19H22BrN3O3S2. The minimum Gasteiger partial charge on any atom is -0.462 e. The van der Waals surface area contributed by atoms with Crippen molar-refractivity contribution < 1.29 is 14.3 Å². The van der Waals surface area contributed by atoms with Crippen LogP contribution < -0.4 is 5.01 Å². The van der Waals surface area contributed by atoms with Gasteiger partial charge in [0.1, 0.15) is 4.91 Å². The molecule has 3 rings (SSSR count). The number of rotatable bonds is 6. The molecule has 0 unspecified atom stereocenters. The van der Waals surface area contributed by atoms with E-state index < -0.39 is 4.33 Å². The molecule has 0 bridgehead atoms. The number of allylic oxidation sites excluding steroid dienone is 1. The highest BCUT2D eigenvalue weighted by Crippen LogP contribution is 2.59. The zero-order chi connectivity index (χ0) is 20.5. The van der Waals surface area contributed by atoms with Crippen molar-refractivity contribution in [1.82, 2.24) is 4.90 Å². The number of hydrogen-bond donors (Lipinski definition) is 0. The lowest BCUT2D eigenvalue weighted by molar-refractivity contribution is -0.137. The highest BCUT2D eigenvalue weighted by atomic mass is 79.9. The molecule has 1 aromatic carbocycles. The second kappa shape index (κ2) is 8.51. The van der Waals surface area contributed by atoms with Gasteiger partial charge in [-0.3, -0.25) is 4.79 Å². The van der Waals surface area contributed by atoms with Crippen molar-refractivity contribution in [2.24, 2.45) is 5.10 Å². The van der Waals surface area contributed by atoms with Gasteiger partial charge in [0.25, 0.3) is 0 Å². The Morgan fingerprint density at radius 1 is 1.21 bits per heavy atom. The Morgan fingerprint density at radius 2 is 1.89 bits per heavy atom. The number of Topliss-reactive ketones (excluding diaryl/α,β-unsaturated/α-hetero) is 1. The SMILES string of the molecule is CCCC1=C(C(=O)OCC)S[C@@]2(SC(C(C)=O)=NN2c2ccc(Br)cc2)N1C. The van der Waals surface area contributed by atoms with Gasteiger partial charge in [0.2, 0.25) is 4.33 Å². The highest BCUT2D eigenvalue weighted by Gasteiger charge is 2.56. The number of benzene rings is 1. The fourth-order valence-corrected chi connectivity index (χ4v) is 6.18. The standard InChI is InChI=1S/C19H22BrN3O3S2/c1-5-7-15-16(18(25)26-6-2)27-19(22(15)4)23(21-17(28-19)12(3)24)14-10-8-13(20)9-11-14/h8-11H,5-7H2,1-4H3/t19-/m1/s1. The molecule has 9 heteroatoms. The second-order valence-electron chi connectivity index (χ2n) is 6.31. The van der Waals surface area contributed by atoms with E-state index >= 15 is 0 Å². The minimum atomic E-state index is -0.776. The number of carbonyl (C=O) groups is 2. The van der Waals surface area contributed by atoms with Gasteiger partial charge in [0.15, 0.2) is 10.8 Å². The lowest BCUT2D eigenvalue weighted by Crippen LogP contribution is -2.47. The molecule has 2 heterocycles. The zero-order valence-electron chi connectivity index (χ0n) is 16.2.